The molecule has 0 aliphatic rings. The van der Waals surface area contributed by atoms with Gasteiger partial charge in [0.2, 0.25) is 0 Å². The Labute approximate surface area is 107 Å². The molecule has 0 radical (unpaired) electrons. The molecule has 112 valence electrons. The molecule has 10 heteroatoms. The number of rotatable bonds is 3. The van der Waals surface area contributed by atoms with Gasteiger partial charge in [-0.15, -0.1) is 0 Å². The van der Waals surface area contributed by atoms with Crippen molar-refractivity contribution >= 4 is 5.97 Å². The lowest BCUT2D eigenvalue weighted by molar-refractivity contribution is -0.359. The summed E-state index contributed by atoms with van der Waals surface area (Å²) in [7, 11) is 0.949. The highest BCUT2D eigenvalue weighted by Gasteiger charge is 2.73. The van der Waals surface area contributed by atoms with Crippen LogP contribution in [0.2, 0.25) is 0 Å². The van der Waals surface area contributed by atoms with Gasteiger partial charge in [0.25, 0.3) is 0 Å². The van der Waals surface area contributed by atoms with Gasteiger partial charge < -0.3 is 4.74 Å². The third kappa shape index (κ3) is 2.54. The average molecular weight is 305 g/mol. The number of esters is 1. The van der Waals surface area contributed by atoms with Crippen LogP contribution in [0.4, 0.5) is 30.7 Å². The van der Waals surface area contributed by atoms with E-state index in [-0.39, 0.29) is 12.3 Å². The summed E-state index contributed by atoms with van der Waals surface area (Å²) in [6, 6.07) is 0.806. The lowest BCUT2D eigenvalue weighted by atomic mass is 10.0. The van der Waals surface area contributed by atoms with Crippen molar-refractivity contribution in [2.45, 2.75) is 18.0 Å². The number of alkyl halides is 7. The van der Waals surface area contributed by atoms with Crippen LogP contribution in [0.3, 0.4) is 0 Å². The fraction of sp³-hybridized carbons (Fsp3) is 0.400. The summed E-state index contributed by atoms with van der Waals surface area (Å²) in [6.07, 6.45) is -6.37. The van der Waals surface area contributed by atoms with Gasteiger partial charge in [-0.1, -0.05) is 0 Å². The number of methoxy groups -OCH3 is 1. The molecule has 0 bridgehead atoms. The second-order valence-electron chi connectivity index (χ2n) is 3.57. The first-order valence-corrected chi connectivity index (χ1v) is 4.82. The molecule has 0 aliphatic heterocycles. The zero-order valence-electron chi connectivity index (χ0n) is 9.64. The van der Waals surface area contributed by atoms with E-state index in [1.807, 2.05) is 0 Å². The van der Waals surface area contributed by atoms with Gasteiger partial charge >= 0.3 is 24.0 Å². The van der Waals surface area contributed by atoms with Crippen LogP contribution in [0.5, 0.6) is 0 Å². The number of nitrogens with zero attached hydrogens (tertiary/aromatic N) is 1. The summed E-state index contributed by atoms with van der Waals surface area (Å²) in [5, 5.41) is 0. The third-order valence-corrected chi connectivity index (χ3v) is 2.27. The molecule has 0 aliphatic carbocycles. The van der Waals surface area contributed by atoms with Crippen molar-refractivity contribution < 1.29 is 40.3 Å². The monoisotopic (exact) mass is 305 g/mol. The molecule has 3 nitrogen and oxygen atoms in total. The first-order valence-electron chi connectivity index (χ1n) is 4.82. The van der Waals surface area contributed by atoms with E-state index in [4.69, 9.17) is 0 Å². The van der Waals surface area contributed by atoms with Crippen LogP contribution in [-0.2, 0) is 10.7 Å². The lowest BCUT2D eigenvalue weighted by Gasteiger charge is -2.28. The molecule has 1 aromatic heterocycles. The molecule has 0 amide bonds. The maximum Gasteiger partial charge on any atom is 0.460 e. The molecular formula is C10H6F7NO2. The summed E-state index contributed by atoms with van der Waals surface area (Å²) in [4.78, 5) is 14.0. The Bertz CT molecular complexity index is 495. The predicted octanol–water partition coefficient (Wildman–Crippen LogP) is 3.16. The van der Waals surface area contributed by atoms with E-state index < -0.39 is 35.2 Å². The summed E-state index contributed by atoms with van der Waals surface area (Å²) < 4.78 is 91.9. The number of hydrogen-bond donors (Lipinski definition) is 0. The summed E-state index contributed by atoms with van der Waals surface area (Å²) in [6.45, 7) is 0. The standard InChI is InChI=1S/C10H6F7NO2/c1-20-7(19)6-3-2-5(4-18-6)8(11,12)9(13,14)10(15,16)17/h2-4H,1H3. The molecule has 0 atom stereocenters. The van der Waals surface area contributed by atoms with E-state index in [1.54, 1.807) is 0 Å². The summed E-state index contributed by atoms with van der Waals surface area (Å²) >= 11 is 0. The molecular weight excluding hydrogens is 299 g/mol. The number of ether oxygens (including phenoxy) is 1. The van der Waals surface area contributed by atoms with Gasteiger partial charge in [0.05, 0.1) is 7.11 Å². The highest BCUT2D eigenvalue weighted by molar-refractivity contribution is 5.87. The minimum atomic E-state index is -6.43. The van der Waals surface area contributed by atoms with Crippen LogP contribution < -0.4 is 0 Å². The van der Waals surface area contributed by atoms with Gasteiger partial charge in [-0.05, 0) is 12.1 Å². The predicted molar refractivity (Wildman–Crippen MR) is 50.5 cm³/mol. The Morgan fingerprint density at radius 3 is 2.00 bits per heavy atom. The Hall–Kier alpha value is -1.87. The average Bonchev–Trinajstić information content (AvgIpc) is 2.36. The van der Waals surface area contributed by atoms with E-state index in [2.05, 4.69) is 9.72 Å². The van der Waals surface area contributed by atoms with Crippen LogP contribution in [0, 0.1) is 0 Å². The van der Waals surface area contributed by atoms with Crippen LogP contribution >= 0.6 is 0 Å². The molecule has 0 unspecified atom stereocenters. The molecule has 1 aromatic rings. The molecule has 0 saturated carbocycles. The van der Waals surface area contributed by atoms with Crippen molar-refractivity contribution in [1.82, 2.24) is 4.98 Å². The molecule has 0 saturated heterocycles. The topological polar surface area (TPSA) is 39.2 Å². The van der Waals surface area contributed by atoms with Crippen molar-refractivity contribution in [3.05, 3.63) is 29.6 Å². The van der Waals surface area contributed by atoms with E-state index in [0.717, 1.165) is 7.11 Å². The van der Waals surface area contributed by atoms with E-state index in [9.17, 15) is 35.5 Å². The number of carbonyl (C=O) groups excluding carboxylic acids is 1. The molecule has 1 rings (SSSR count). The van der Waals surface area contributed by atoms with Gasteiger partial charge in [0.15, 0.2) is 0 Å². The Morgan fingerprint density at radius 1 is 1.10 bits per heavy atom. The normalized spacial score (nSPS) is 13.2. The molecule has 20 heavy (non-hydrogen) atoms. The van der Waals surface area contributed by atoms with Crippen LogP contribution in [0.25, 0.3) is 0 Å². The lowest BCUT2D eigenvalue weighted by Crippen LogP contribution is -2.50. The molecule has 0 fully saturated rings. The van der Waals surface area contributed by atoms with Crippen molar-refractivity contribution in [1.29, 1.82) is 0 Å². The van der Waals surface area contributed by atoms with Crippen molar-refractivity contribution in [3.8, 4) is 0 Å². The molecule has 0 N–H and O–H groups in total. The molecule has 0 spiro atoms. The molecule has 1 heterocycles. The van der Waals surface area contributed by atoms with Gasteiger partial charge in [-0.25, -0.2) is 9.78 Å². The van der Waals surface area contributed by atoms with Crippen molar-refractivity contribution in [2.24, 2.45) is 0 Å². The maximum atomic E-state index is 13.2. The van der Waals surface area contributed by atoms with Crippen molar-refractivity contribution in [3.63, 3.8) is 0 Å². The smallest absolute Gasteiger partial charge is 0.460 e. The zero-order chi connectivity index (χ0) is 15.8. The number of aromatic nitrogens is 1. The largest absolute Gasteiger partial charge is 0.464 e. The first-order chi connectivity index (χ1) is 8.95. The first kappa shape index (κ1) is 16.2. The fourth-order valence-corrected chi connectivity index (χ4v) is 1.16. The van der Waals surface area contributed by atoms with E-state index in [0.29, 0.717) is 6.07 Å². The minimum absolute atomic E-state index is 0.0614. The van der Waals surface area contributed by atoms with E-state index in [1.165, 1.54) is 0 Å². The van der Waals surface area contributed by atoms with Gasteiger partial charge in [-0.3, -0.25) is 0 Å². The van der Waals surface area contributed by atoms with Gasteiger partial charge in [0, 0.05) is 11.8 Å². The number of pyridine rings is 1. The number of halogens is 7. The quantitative estimate of drug-likeness (QED) is 0.636. The number of hydrogen-bond acceptors (Lipinski definition) is 3. The highest BCUT2D eigenvalue weighted by atomic mass is 19.4. The fourth-order valence-electron chi connectivity index (χ4n) is 1.16. The summed E-state index contributed by atoms with van der Waals surface area (Å²) in [5.41, 5.74) is -2.19. The highest BCUT2D eigenvalue weighted by Crippen LogP contribution is 2.51. The van der Waals surface area contributed by atoms with Gasteiger partial charge in [-0.2, -0.15) is 30.7 Å². The van der Waals surface area contributed by atoms with Crippen LogP contribution in [-0.4, -0.2) is 30.2 Å². The summed E-state index contributed by atoms with van der Waals surface area (Å²) in [5.74, 6) is -12.8. The number of carbonyl (C=O) groups is 1. The minimum Gasteiger partial charge on any atom is -0.464 e. The Kier molecular flexibility index (Phi) is 3.97. The van der Waals surface area contributed by atoms with Crippen LogP contribution in [0.1, 0.15) is 16.1 Å². The second kappa shape index (κ2) is 4.91. The Balaban J connectivity index is 3.20. The SMILES string of the molecule is COC(=O)c1ccc(C(F)(F)C(F)(F)C(F)(F)F)cn1. The maximum absolute atomic E-state index is 13.2. The third-order valence-electron chi connectivity index (χ3n) is 2.27. The van der Waals surface area contributed by atoms with Crippen molar-refractivity contribution in [2.75, 3.05) is 7.11 Å². The molecule has 0 aromatic carbocycles. The van der Waals surface area contributed by atoms with E-state index >= 15 is 0 Å². The second-order valence-corrected chi connectivity index (χ2v) is 3.57. The van der Waals surface area contributed by atoms with Crippen LogP contribution in [0.15, 0.2) is 18.3 Å². The van der Waals surface area contributed by atoms with Gasteiger partial charge in [0.1, 0.15) is 5.69 Å². The zero-order valence-corrected chi connectivity index (χ0v) is 9.64. The Morgan fingerprint density at radius 2 is 1.65 bits per heavy atom.